The third-order valence-electron chi connectivity index (χ3n) is 6.00. The van der Waals surface area contributed by atoms with Crippen LogP contribution in [0.15, 0.2) is 60.7 Å². The van der Waals surface area contributed by atoms with E-state index in [0.717, 1.165) is 29.9 Å². The summed E-state index contributed by atoms with van der Waals surface area (Å²) in [6, 6.07) is 19.9. The Balaban J connectivity index is 1.47. The lowest BCUT2D eigenvalue weighted by molar-refractivity contribution is -0.0809. The van der Waals surface area contributed by atoms with E-state index < -0.39 is 0 Å². The molecule has 2 heterocycles. The molecular weight excluding hydrogens is 376 g/mol. The van der Waals surface area contributed by atoms with Crippen LogP contribution in [0.1, 0.15) is 60.7 Å². The fourth-order valence-electron chi connectivity index (χ4n) is 4.31. The minimum Gasteiger partial charge on any atom is -0.369 e. The Bertz CT molecular complexity index is 1030. The lowest BCUT2D eigenvalue weighted by atomic mass is 9.98. The minimum absolute atomic E-state index is 0.0412. The molecule has 0 radical (unpaired) electrons. The molecule has 1 aliphatic heterocycles. The molecule has 3 unspecified atom stereocenters. The molecule has 3 atom stereocenters. The Labute approximate surface area is 176 Å². The Morgan fingerprint density at radius 1 is 1.00 bits per heavy atom. The maximum atomic E-state index is 13.6. The van der Waals surface area contributed by atoms with Crippen LogP contribution in [0.25, 0.3) is 5.69 Å². The van der Waals surface area contributed by atoms with Crippen molar-refractivity contribution >= 4 is 5.91 Å². The Morgan fingerprint density at radius 3 is 2.33 bits per heavy atom. The third-order valence-corrected chi connectivity index (χ3v) is 6.00. The van der Waals surface area contributed by atoms with Crippen molar-refractivity contribution in [2.45, 2.75) is 50.8 Å². The van der Waals surface area contributed by atoms with Gasteiger partial charge in [0.2, 0.25) is 5.82 Å². The number of hydrogen-bond donors (Lipinski definition) is 0. The maximum absolute atomic E-state index is 13.6. The molecule has 1 saturated heterocycles. The first-order valence-corrected chi connectivity index (χ1v) is 10.6. The number of para-hydroxylation sites is 1. The largest absolute Gasteiger partial charge is 0.369 e. The average molecular weight is 402 g/mol. The molecule has 0 spiro atoms. The number of amides is 1. The van der Waals surface area contributed by atoms with E-state index in [9.17, 15) is 4.79 Å². The predicted molar refractivity (Wildman–Crippen MR) is 114 cm³/mol. The van der Waals surface area contributed by atoms with Crippen LogP contribution >= 0.6 is 0 Å². The van der Waals surface area contributed by atoms with Crippen molar-refractivity contribution in [1.29, 1.82) is 0 Å². The van der Waals surface area contributed by atoms with Gasteiger partial charge < -0.3 is 9.64 Å². The van der Waals surface area contributed by atoms with E-state index in [2.05, 4.69) is 5.10 Å². The molecule has 30 heavy (non-hydrogen) atoms. The van der Waals surface area contributed by atoms with Crippen LogP contribution in [0.3, 0.4) is 0 Å². The van der Waals surface area contributed by atoms with E-state index in [0.29, 0.717) is 12.5 Å². The molecule has 1 aliphatic carbocycles. The Morgan fingerprint density at radius 2 is 1.67 bits per heavy atom. The van der Waals surface area contributed by atoms with Gasteiger partial charge in [-0.1, -0.05) is 48.5 Å². The molecule has 2 aliphatic rings. The molecule has 1 aromatic heterocycles. The highest BCUT2D eigenvalue weighted by atomic mass is 16.5. The number of nitrogens with zero attached hydrogens (tertiary/aromatic N) is 4. The number of aromatic nitrogens is 3. The average Bonchev–Trinajstić information content (AvgIpc) is 3.53. The van der Waals surface area contributed by atoms with Crippen molar-refractivity contribution in [3.05, 3.63) is 77.9 Å². The molecule has 0 bridgehead atoms. The second-order valence-electron chi connectivity index (χ2n) is 8.28. The number of carbonyl (C=O) groups is 1. The molecule has 6 heteroatoms. The van der Waals surface area contributed by atoms with E-state index >= 15 is 0 Å². The van der Waals surface area contributed by atoms with Gasteiger partial charge in [0.15, 0.2) is 0 Å². The normalized spacial score (nSPS) is 24.1. The highest BCUT2D eigenvalue weighted by molar-refractivity contribution is 5.91. The molecule has 3 aromatic rings. The number of rotatable bonds is 4. The monoisotopic (exact) mass is 402 g/mol. The lowest BCUT2D eigenvalue weighted by Crippen LogP contribution is -2.53. The fourth-order valence-corrected chi connectivity index (χ4v) is 4.31. The number of benzene rings is 2. The van der Waals surface area contributed by atoms with Crippen molar-refractivity contribution in [3.63, 3.8) is 0 Å². The second-order valence-corrected chi connectivity index (χ2v) is 8.28. The first-order chi connectivity index (χ1) is 14.6. The van der Waals surface area contributed by atoms with Gasteiger partial charge >= 0.3 is 0 Å². The SMILES string of the molecule is CC1COC(c2ccccc2)C(C)N1C(=O)c1nc(C2CC2)n(-c2ccccc2)n1. The zero-order valence-corrected chi connectivity index (χ0v) is 17.3. The first-order valence-electron chi connectivity index (χ1n) is 10.6. The summed E-state index contributed by atoms with van der Waals surface area (Å²) >= 11 is 0. The van der Waals surface area contributed by atoms with Crippen LogP contribution in [0, 0.1) is 0 Å². The van der Waals surface area contributed by atoms with Crippen molar-refractivity contribution in [2.75, 3.05) is 6.61 Å². The smallest absolute Gasteiger partial charge is 0.294 e. The van der Waals surface area contributed by atoms with Crippen molar-refractivity contribution in [3.8, 4) is 5.69 Å². The predicted octanol–water partition coefficient (Wildman–Crippen LogP) is 4.14. The number of morpholine rings is 1. The Hall–Kier alpha value is -2.99. The lowest BCUT2D eigenvalue weighted by Gasteiger charge is -2.43. The van der Waals surface area contributed by atoms with E-state index in [1.165, 1.54) is 0 Å². The molecule has 1 saturated carbocycles. The van der Waals surface area contributed by atoms with Gasteiger partial charge in [-0.3, -0.25) is 4.79 Å². The van der Waals surface area contributed by atoms with Gasteiger partial charge in [0.05, 0.1) is 24.4 Å². The summed E-state index contributed by atoms with van der Waals surface area (Å²) in [4.78, 5) is 20.2. The van der Waals surface area contributed by atoms with E-state index in [4.69, 9.17) is 9.72 Å². The van der Waals surface area contributed by atoms with Crippen LogP contribution < -0.4 is 0 Å². The summed E-state index contributed by atoms with van der Waals surface area (Å²) in [6.45, 7) is 4.55. The van der Waals surface area contributed by atoms with Crippen LogP contribution in [-0.2, 0) is 4.74 Å². The summed E-state index contributed by atoms with van der Waals surface area (Å²) in [6.07, 6.45) is 2.03. The molecular formula is C24H26N4O2. The van der Waals surface area contributed by atoms with Gasteiger partial charge in [0, 0.05) is 5.92 Å². The zero-order valence-electron chi connectivity index (χ0n) is 17.3. The molecule has 5 rings (SSSR count). The van der Waals surface area contributed by atoms with Crippen LogP contribution in [0.5, 0.6) is 0 Å². The van der Waals surface area contributed by atoms with Crippen molar-refractivity contribution in [2.24, 2.45) is 0 Å². The van der Waals surface area contributed by atoms with E-state index in [-0.39, 0.29) is 29.9 Å². The number of ether oxygens (including phenoxy) is 1. The fraction of sp³-hybridized carbons (Fsp3) is 0.375. The highest BCUT2D eigenvalue weighted by Gasteiger charge is 2.40. The topological polar surface area (TPSA) is 60.2 Å². The first kappa shape index (κ1) is 19.0. The number of hydrogen-bond acceptors (Lipinski definition) is 4. The van der Waals surface area contributed by atoms with E-state index in [1.54, 1.807) is 0 Å². The second kappa shape index (κ2) is 7.69. The molecule has 0 N–H and O–H groups in total. The third kappa shape index (κ3) is 3.41. The maximum Gasteiger partial charge on any atom is 0.294 e. The minimum atomic E-state index is -0.162. The van der Waals surface area contributed by atoms with Crippen LogP contribution in [0.2, 0.25) is 0 Å². The summed E-state index contributed by atoms with van der Waals surface area (Å²) in [5, 5.41) is 4.66. The summed E-state index contributed by atoms with van der Waals surface area (Å²) in [7, 11) is 0. The van der Waals surface area contributed by atoms with Crippen LogP contribution in [0.4, 0.5) is 0 Å². The molecule has 6 nitrogen and oxygen atoms in total. The van der Waals surface area contributed by atoms with Gasteiger partial charge in [0.25, 0.3) is 5.91 Å². The van der Waals surface area contributed by atoms with Gasteiger partial charge in [-0.2, -0.15) is 0 Å². The van der Waals surface area contributed by atoms with Gasteiger partial charge in [-0.15, -0.1) is 5.10 Å². The van der Waals surface area contributed by atoms with Crippen LogP contribution in [-0.4, -0.2) is 44.3 Å². The molecule has 1 amide bonds. The quantitative estimate of drug-likeness (QED) is 0.658. The molecule has 2 fully saturated rings. The molecule has 154 valence electrons. The Kier molecular flexibility index (Phi) is 4.87. The molecule has 2 aromatic carbocycles. The summed E-state index contributed by atoms with van der Waals surface area (Å²) < 4.78 is 7.95. The van der Waals surface area contributed by atoms with Crippen molar-refractivity contribution < 1.29 is 9.53 Å². The summed E-state index contributed by atoms with van der Waals surface area (Å²) in [5.41, 5.74) is 2.02. The number of carbonyl (C=O) groups excluding carboxylic acids is 1. The van der Waals surface area contributed by atoms with Gasteiger partial charge in [-0.25, -0.2) is 9.67 Å². The van der Waals surface area contributed by atoms with Crippen molar-refractivity contribution in [1.82, 2.24) is 19.7 Å². The zero-order chi connectivity index (χ0) is 20.7. The highest BCUT2D eigenvalue weighted by Crippen LogP contribution is 2.40. The van der Waals surface area contributed by atoms with Gasteiger partial charge in [0.1, 0.15) is 11.9 Å². The van der Waals surface area contributed by atoms with E-state index in [1.807, 2.05) is 84.1 Å². The summed E-state index contributed by atoms with van der Waals surface area (Å²) in [5.74, 6) is 1.41. The standard InChI is InChI=1S/C24H26N4O2/c1-16-15-30-21(18-9-5-3-6-10-18)17(2)27(16)24(29)22-25-23(19-13-14-19)28(26-22)20-11-7-4-8-12-20/h3-12,16-17,19,21H,13-15H2,1-2H3. The van der Waals surface area contributed by atoms with Gasteiger partial charge in [-0.05, 0) is 44.4 Å².